The number of aliphatic hydroxyl groups excluding tert-OH is 2. The molecule has 6 nitrogen and oxygen atoms in total. The Morgan fingerprint density at radius 1 is 0.400 bits per heavy atom. The van der Waals surface area contributed by atoms with Gasteiger partial charge in [-0.1, -0.05) is 271 Å². The van der Waals surface area contributed by atoms with Gasteiger partial charge in [-0.2, -0.15) is 0 Å². The lowest BCUT2D eigenvalue weighted by Gasteiger charge is -2.22. The predicted octanol–water partition coefficient (Wildman–Crippen LogP) is 16.4. The highest BCUT2D eigenvalue weighted by Gasteiger charge is 2.20. The van der Waals surface area contributed by atoms with Gasteiger partial charge >= 0.3 is 5.97 Å². The third-order valence-corrected chi connectivity index (χ3v) is 12.9. The van der Waals surface area contributed by atoms with Gasteiger partial charge in [0.15, 0.2) is 0 Å². The van der Waals surface area contributed by atoms with Crippen LogP contribution < -0.4 is 5.32 Å². The monoisotopic (exact) mass is 850 g/mol. The van der Waals surface area contributed by atoms with Crippen molar-refractivity contribution >= 4 is 11.9 Å². The van der Waals surface area contributed by atoms with E-state index in [4.69, 9.17) is 4.74 Å². The van der Waals surface area contributed by atoms with Crippen LogP contribution in [-0.4, -0.2) is 47.4 Å². The smallest absolute Gasteiger partial charge is 0.305 e. The van der Waals surface area contributed by atoms with Crippen LogP contribution in [0.1, 0.15) is 309 Å². The zero-order valence-corrected chi connectivity index (χ0v) is 40.7. The molecule has 0 heterocycles. The Hall–Kier alpha value is -1.14. The van der Waals surface area contributed by atoms with Crippen LogP contribution in [0.3, 0.4) is 0 Å². The summed E-state index contributed by atoms with van der Waals surface area (Å²) in [5, 5.41) is 23.2. The molecule has 2 unspecified atom stereocenters. The van der Waals surface area contributed by atoms with Crippen LogP contribution in [0.2, 0.25) is 0 Å². The molecular weight excluding hydrogens is 743 g/mol. The van der Waals surface area contributed by atoms with Crippen LogP contribution in [-0.2, 0) is 14.3 Å². The molecule has 0 bridgehead atoms. The van der Waals surface area contributed by atoms with Crippen molar-refractivity contribution in [1.82, 2.24) is 5.32 Å². The average molecular weight is 850 g/mol. The van der Waals surface area contributed by atoms with Crippen LogP contribution in [0.4, 0.5) is 0 Å². The van der Waals surface area contributed by atoms with Gasteiger partial charge in [-0.3, -0.25) is 9.59 Å². The third kappa shape index (κ3) is 46.4. The summed E-state index contributed by atoms with van der Waals surface area (Å²) in [6.45, 7) is 4.95. The second-order valence-corrected chi connectivity index (χ2v) is 18.9. The first-order valence-corrected chi connectivity index (χ1v) is 27.3. The number of rotatable bonds is 51. The highest BCUT2D eigenvalue weighted by molar-refractivity contribution is 5.76. The number of ether oxygens (including phenoxy) is 1. The summed E-state index contributed by atoms with van der Waals surface area (Å²) in [5.41, 5.74) is 0. The summed E-state index contributed by atoms with van der Waals surface area (Å²) in [4.78, 5) is 24.5. The zero-order valence-electron chi connectivity index (χ0n) is 40.7. The van der Waals surface area contributed by atoms with Crippen molar-refractivity contribution in [2.75, 3.05) is 13.2 Å². The van der Waals surface area contributed by atoms with Gasteiger partial charge in [0.25, 0.3) is 0 Å². The molecule has 358 valence electrons. The van der Waals surface area contributed by atoms with E-state index in [9.17, 15) is 19.8 Å². The molecule has 0 aromatic carbocycles. The molecule has 0 radical (unpaired) electrons. The van der Waals surface area contributed by atoms with E-state index >= 15 is 0 Å². The molecule has 0 aliphatic rings. The van der Waals surface area contributed by atoms with Crippen molar-refractivity contribution < 1.29 is 24.5 Å². The molecule has 0 fully saturated rings. The number of carbonyl (C=O) groups is 2. The van der Waals surface area contributed by atoms with Crippen LogP contribution >= 0.6 is 0 Å². The molecule has 0 aromatic heterocycles. The van der Waals surface area contributed by atoms with Gasteiger partial charge in [0.1, 0.15) is 0 Å². The predicted molar refractivity (Wildman–Crippen MR) is 260 cm³/mol. The summed E-state index contributed by atoms with van der Waals surface area (Å²) in [6.07, 6.45) is 56.5. The van der Waals surface area contributed by atoms with Gasteiger partial charge in [0, 0.05) is 12.8 Å². The zero-order chi connectivity index (χ0) is 43.7. The van der Waals surface area contributed by atoms with E-state index in [1.807, 2.05) is 0 Å². The topological polar surface area (TPSA) is 95.9 Å². The number of esters is 1. The van der Waals surface area contributed by atoms with Crippen LogP contribution in [0.5, 0.6) is 0 Å². The molecule has 0 saturated heterocycles. The lowest BCUT2D eigenvalue weighted by molar-refractivity contribution is -0.143. The summed E-state index contributed by atoms with van der Waals surface area (Å²) in [7, 11) is 0. The second-order valence-electron chi connectivity index (χ2n) is 18.9. The maximum Gasteiger partial charge on any atom is 0.305 e. The average Bonchev–Trinajstić information content (AvgIpc) is 3.25. The van der Waals surface area contributed by atoms with E-state index in [-0.39, 0.29) is 18.5 Å². The molecule has 0 rings (SSSR count). The van der Waals surface area contributed by atoms with Crippen molar-refractivity contribution in [2.45, 2.75) is 321 Å². The molecule has 0 spiro atoms. The van der Waals surface area contributed by atoms with Crippen molar-refractivity contribution in [3.05, 3.63) is 0 Å². The quantitative estimate of drug-likeness (QED) is 0.0418. The number of hydrogen-bond acceptors (Lipinski definition) is 5. The van der Waals surface area contributed by atoms with E-state index in [2.05, 4.69) is 19.2 Å². The van der Waals surface area contributed by atoms with E-state index in [0.717, 1.165) is 44.9 Å². The van der Waals surface area contributed by atoms with Gasteiger partial charge < -0.3 is 20.3 Å². The Bertz CT molecular complexity index is 852. The summed E-state index contributed by atoms with van der Waals surface area (Å²) >= 11 is 0. The van der Waals surface area contributed by atoms with Crippen molar-refractivity contribution in [3.8, 4) is 0 Å². The highest BCUT2D eigenvalue weighted by Crippen LogP contribution is 2.17. The Balaban J connectivity index is 3.40. The second kappa shape index (κ2) is 50.5. The van der Waals surface area contributed by atoms with Gasteiger partial charge in [0.2, 0.25) is 5.91 Å². The lowest BCUT2D eigenvalue weighted by Crippen LogP contribution is -2.45. The number of amides is 1. The maximum absolute atomic E-state index is 12.4. The lowest BCUT2D eigenvalue weighted by atomic mass is 10.0. The molecular formula is C54H107NO5. The van der Waals surface area contributed by atoms with E-state index in [0.29, 0.717) is 25.9 Å². The molecule has 1 amide bonds. The van der Waals surface area contributed by atoms with Gasteiger partial charge in [0.05, 0.1) is 25.4 Å². The fraction of sp³-hybridized carbons (Fsp3) is 0.963. The maximum atomic E-state index is 12.4. The largest absolute Gasteiger partial charge is 0.466 e. The molecule has 0 saturated carbocycles. The molecule has 3 N–H and O–H groups in total. The fourth-order valence-corrected chi connectivity index (χ4v) is 8.70. The van der Waals surface area contributed by atoms with E-state index in [1.54, 1.807) is 0 Å². The normalized spacial score (nSPS) is 12.5. The Kier molecular flexibility index (Phi) is 49.5. The Labute approximate surface area is 375 Å². The first kappa shape index (κ1) is 58.9. The van der Waals surface area contributed by atoms with E-state index in [1.165, 1.54) is 231 Å². The van der Waals surface area contributed by atoms with E-state index < -0.39 is 12.1 Å². The molecule has 0 aliphatic carbocycles. The minimum Gasteiger partial charge on any atom is -0.466 e. The summed E-state index contributed by atoms with van der Waals surface area (Å²) < 4.78 is 5.48. The van der Waals surface area contributed by atoms with Gasteiger partial charge in [-0.25, -0.2) is 0 Å². The molecule has 6 heteroatoms. The van der Waals surface area contributed by atoms with Crippen molar-refractivity contribution in [2.24, 2.45) is 0 Å². The minimum atomic E-state index is -0.667. The van der Waals surface area contributed by atoms with Gasteiger partial charge in [-0.05, 0) is 25.7 Å². The Morgan fingerprint density at radius 2 is 0.683 bits per heavy atom. The standard InChI is InChI=1S/C54H107NO5/c1-3-5-7-9-11-13-15-17-19-24-28-32-36-40-44-48-54(59)60-49-45-41-37-33-29-25-21-18-20-23-27-31-35-39-43-47-53(58)55-51(50-56)52(57)46-42-38-34-30-26-22-16-14-12-10-8-6-4-2/h51-52,56-57H,3-50H2,1-2H3,(H,55,58). The first-order valence-electron chi connectivity index (χ1n) is 27.3. The number of nitrogens with one attached hydrogen (secondary N) is 1. The third-order valence-electron chi connectivity index (χ3n) is 12.9. The van der Waals surface area contributed by atoms with Crippen LogP contribution in [0, 0.1) is 0 Å². The van der Waals surface area contributed by atoms with Crippen LogP contribution in [0.25, 0.3) is 0 Å². The Morgan fingerprint density at radius 3 is 1.02 bits per heavy atom. The molecule has 0 aliphatic heterocycles. The van der Waals surface area contributed by atoms with Crippen molar-refractivity contribution in [1.29, 1.82) is 0 Å². The summed E-state index contributed by atoms with van der Waals surface area (Å²) in [6, 6.07) is -0.545. The first-order chi connectivity index (χ1) is 29.5. The minimum absolute atomic E-state index is 0.00424. The summed E-state index contributed by atoms with van der Waals surface area (Å²) in [5.74, 6) is -0.0376. The van der Waals surface area contributed by atoms with Crippen molar-refractivity contribution in [3.63, 3.8) is 0 Å². The van der Waals surface area contributed by atoms with Gasteiger partial charge in [-0.15, -0.1) is 0 Å². The molecule has 2 atom stereocenters. The molecule has 0 aromatic rings. The fourth-order valence-electron chi connectivity index (χ4n) is 8.70. The highest BCUT2D eigenvalue weighted by atomic mass is 16.5. The number of aliphatic hydroxyl groups is 2. The number of unbranched alkanes of at least 4 members (excludes halogenated alkanes) is 40. The molecule has 60 heavy (non-hydrogen) atoms. The van der Waals surface area contributed by atoms with Crippen LogP contribution in [0.15, 0.2) is 0 Å². The number of hydrogen-bond donors (Lipinski definition) is 3. The number of carbonyl (C=O) groups excluding carboxylic acids is 2. The SMILES string of the molecule is CCCCCCCCCCCCCCCCCC(=O)OCCCCCCCCCCCCCCCCCC(=O)NC(CO)C(O)CCCCCCCCCCCCCCC.